The first-order valence-corrected chi connectivity index (χ1v) is 5.11. The van der Waals surface area contributed by atoms with Crippen molar-refractivity contribution in [1.82, 2.24) is 0 Å². The molecule has 1 aliphatic carbocycles. The molecule has 80 valence electrons. The molecule has 0 aliphatic heterocycles. The molecule has 0 radical (unpaired) electrons. The third-order valence-electron chi connectivity index (χ3n) is 3.71. The Hall–Kier alpha value is -0.790. The first-order valence-electron chi connectivity index (χ1n) is 5.11. The maximum atomic E-state index is 11.1. The number of esters is 1. The van der Waals surface area contributed by atoms with E-state index in [0.29, 0.717) is 18.3 Å². The topological polar surface area (TPSA) is 26.3 Å². The molecule has 0 saturated heterocycles. The third-order valence-corrected chi connectivity index (χ3v) is 3.71. The maximum absolute atomic E-state index is 11.1. The lowest BCUT2D eigenvalue weighted by Crippen LogP contribution is -2.46. The van der Waals surface area contributed by atoms with Crippen LogP contribution in [0.15, 0.2) is 12.2 Å². The Labute approximate surface area is 86.3 Å². The van der Waals surface area contributed by atoms with E-state index in [4.69, 9.17) is 0 Å². The number of allylic oxidation sites excluding steroid dienone is 1. The van der Waals surface area contributed by atoms with Gasteiger partial charge in [0, 0.05) is 6.42 Å². The minimum Gasteiger partial charge on any atom is -0.469 e. The molecule has 0 amide bonds. The van der Waals surface area contributed by atoms with Gasteiger partial charge in [-0.1, -0.05) is 26.0 Å². The summed E-state index contributed by atoms with van der Waals surface area (Å²) in [6.07, 6.45) is 1.63. The number of methoxy groups -OCH3 is 1. The summed E-state index contributed by atoms with van der Waals surface area (Å²) in [6, 6.07) is 0. The molecule has 2 heteroatoms. The van der Waals surface area contributed by atoms with E-state index in [2.05, 4.69) is 32.1 Å². The molecule has 0 aromatic heterocycles. The second-order valence-corrected chi connectivity index (χ2v) is 4.93. The van der Waals surface area contributed by atoms with Gasteiger partial charge in [-0.2, -0.15) is 0 Å². The zero-order chi connectivity index (χ0) is 10.9. The van der Waals surface area contributed by atoms with Crippen LogP contribution in [0, 0.1) is 17.3 Å². The van der Waals surface area contributed by atoms with E-state index in [1.54, 1.807) is 0 Å². The molecule has 0 spiro atoms. The summed E-state index contributed by atoms with van der Waals surface area (Å²) in [5, 5.41) is 0. The maximum Gasteiger partial charge on any atom is 0.305 e. The van der Waals surface area contributed by atoms with Gasteiger partial charge in [0.25, 0.3) is 0 Å². The summed E-state index contributed by atoms with van der Waals surface area (Å²) in [6.45, 7) is 10.5. The number of rotatable bonds is 3. The molecule has 2 nitrogen and oxygen atoms in total. The van der Waals surface area contributed by atoms with Crippen LogP contribution in [-0.4, -0.2) is 13.1 Å². The predicted molar refractivity (Wildman–Crippen MR) is 56.8 cm³/mol. The van der Waals surface area contributed by atoms with Gasteiger partial charge >= 0.3 is 5.97 Å². The lowest BCUT2D eigenvalue weighted by molar-refractivity contribution is -0.146. The van der Waals surface area contributed by atoms with Crippen LogP contribution in [0.1, 0.15) is 33.6 Å². The molecular formula is C12H20O2. The molecule has 1 rings (SSSR count). The summed E-state index contributed by atoms with van der Waals surface area (Å²) in [7, 11) is 1.45. The van der Waals surface area contributed by atoms with E-state index >= 15 is 0 Å². The van der Waals surface area contributed by atoms with Gasteiger partial charge in [0.05, 0.1) is 7.11 Å². The SMILES string of the molecule is C=C(C)C1CC(CC(=O)OC)C1(C)C. The Balaban J connectivity index is 2.54. The number of carbonyl (C=O) groups excluding carboxylic acids is 1. The van der Waals surface area contributed by atoms with Crippen molar-refractivity contribution < 1.29 is 9.53 Å². The van der Waals surface area contributed by atoms with Gasteiger partial charge in [0.1, 0.15) is 0 Å². The minimum absolute atomic E-state index is 0.0942. The Morgan fingerprint density at radius 2 is 2.14 bits per heavy atom. The van der Waals surface area contributed by atoms with E-state index in [-0.39, 0.29) is 11.4 Å². The molecule has 1 saturated carbocycles. The molecule has 0 N–H and O–H groups in total. The van der Waals surface area contributed by atoms with Crippen LogP contribution in [-0.2, 0) is 9.53 Å². The summed E-state index contributed by atoms with van der Waals surface area (Å²) in [5.74, 6) is 0.928. The highest BCUT2D eigenvalue weighted by Gasteiger charge is 2.48. The van der Waals surface area contributed by atoms with Gasteiger partial charge in [-0.3, -0.25) is 4.79 Å². The van der Waals surface area contributed by atoms with Gasteiger partial charge < -0.3 is 4.74 Å². The lowest BCUT2D eigenvalue weighted by atomic mass is 9.52. The fourth-order valence-corrected chi connectivity index (χ4v) is 2.48. The van der Waals surface area contributed by atoms with Crippen molar-refractivity contribution in [2.45, 2.75) is 33.6 Å². The second kappa shape index (κ2) is 3.76. The van der Waals surface area contributed by atoms with Gasteiger partial charge in [0.15, 0.2) is 0 Å². The first kappa shape index (κ1) is 11.3. The number of hydrogen-bond donors (Lipinski definition) is 0. The van der Waals surface area contributed by atoms with Crippen LogP contribution < -0.4 is 0 Å². The summed E-state index contributed by atoms with van der Waals surface area (Å²) in [5.41, 5.74) is 1.44. The van der Waals surface area contributed by atoms with Crippen LogP contribution in [0.4, 0.5) is 0 Å². The van der Waals surface area contributed by atoms with Crippen LogP contribution >= 0.6 is 0 Å². The second-order valence-electron chi connectivity index (χ2n) is 4.93. The van der Waals surface area contributed by atoms with E-state index in [9.17, 15) is 4.79 Å². The first-order chi connectivity index (χ1) is 6.39. The summed E-state index contributed by atoms with van der Waals surface area (Å²) in [4.78, 5) is 11.1. The lowest BCUT2D eigenvalue weighted by Gasteiger charge is -2.52. The van der Waals surface area contributed by atoms with Gasteiger partial charge in [-0.05, 0) is 30.6 Å². The Morgan fingerprint density at radius 1 is 1.57 bits per heavy atom. The highest BCUT2D eigenvalue weighted by Crippen LogP contribution is 2.55. The minimum atomic E-state index is -0.0942. The Morgan fingerprint density at radius 3 is 2.50 bits per heavy atom. The molecule has 1 aliphatic rings. The van der Waals surface area contributed by atoms with Crippen LogP contribution in [0.5, 0.6) is 0 Å². The van der Waals surface area contributed by atoms with Gasteiger partial charge in [0.2, 0.25) is 0 Å². The third kappa shape index (κ3) is 1.84. The quantitative estimate of drug-likeness (QED) is 0.512. The number of hydrogen-bond acceptors (Lipinski definition) is 2. The molecule has 0 bridgehead atoms. The van der Waals surface area contributed by atoms with Crippen molar-refractivity contribution in [3.8, 4) is 0 Å². The zero-order valence-electron chi connectivity index (χ0n) is 9.59. The highest BCUT2D eigenvalue weighted by atomic mass is 16.5. The standard InChI is InChI=1S/C12H20O2/c1-8(2)10-6-9(12(10,3)4)7-11(13)14-5/h9-10H,1,6-7H2,2-5H3. The van der Waals surface area contributed by atoms with Crippen molar-refractivity contribution in [2.75, 3.05) is 7.11 Å². The van der Waals surface area contributed by atoms with Crippen molar-refractivity contribution in [3.63, 3.8) is 0 Å². The van der Waals surface area contributed by atoms with Gasteiger partial charge in [-0.15, -0.1) is 0 Å². The smallest absolute Gasteiger partial charge is 0.305 e. The molecule has 1 fully saturated rings. The Bertz CT molecular complexity index is 253. The number of ether oxygens (including phenoxy) is 1. The highest BCUT2D eigenvalue weighted by molar-refractivity contribution is 5.69. The monoisotopic (exact) mass is 196 g/mol. The molecular weight excluding hydrogens is 176 g/mol. The Kier molecular flexibility index (Phi) is 3.03. The summed E-state index contributed by atoms with van der Waals surface area (Å²) < 4.78 is 4.68. The molecule has 0 aromatic carbocycles. The molecule has 2 atom stereocenters. The molecule has 2 unspecified atom stereocenters. The fourth-order valence-electron chi connectivity index (χ4n) is 2.48. The molecule has 0 aromatic rings. The van der Waals surface area contributed by atoms with Gasteiger partial charge in [-0.25, -0.2) is 0 Å². The molecule has 0 heterocycles. The zero-order valence-corrected chi connectivity index (χ0v) is 9.59. The van der Waals surface area contributed by atoms with Crippen LogP contribution in [0.2, 0.25) is 0 Å². The van der Waals surface area contributed by atoms with Crippen LogP contribution in [0.3, 0.4) is 0 Å². The fraction of sp³-hybridized carbons (Fsp3) is 0.750. The molecule has 14 heavy (non-hydrogen) atoms. The number of carbonyl (C=O) groups is 1. The normalized spacial score (nSPS) is 29.1. The van der Waals surface area contributed by atoms with Crippen molar-refractivity contribution in [1.29, 1.82) is 0 Å². The van der Waals surface area contributed by atoms with E-state index in [0.717, 1.165) is 6.42 Å². The van der Waals surface area contributed by atoms with Crippen LogP contribution in [0.25, 0.3) is 0 Å². The predicted octanol–water partition coefficient (Wildman–Crippen LogP) is 2.79. The average Bonchev–Trinajstić information content (AvgIpc) is 2.10. The van der Waals surface area contributed by atoms with Crippen molar-refractivity contribution in [3.05, 3.63) is 12.2 Å². The van der Waals surface area contributed by atoms with Crippen molar-refractivity contribution >= 4 is 5.97 Å². The largest absolute Gasteiger partial charge is 0.469 e. The van der Waals surface area contributed by atoms with E-state index in [1.807, 2.05) is 0 Å². The summed E-state index contributed by atoms with van der Waals surface area (Å²) >= 11 is 0. The average molecular weight is 196 g/mol. The van der Waals surface area contributed by atoms with E-state index in [1.165, 1.54) is 12.7 Å². The van der Waals surface area contributed by atoms with Crippen molar-refractivity contribution in [2.24, 2.45) is 17.3 Å². The van der Waals surface area contributed by atoms with E-state index < -0.39 is 0 Å².